The Labute approximate surface area is 123 Å². The largest absolute Gasteiger partial charge is 0.322 e. The number of rotatable bonds is 8. The van der Waals surface area contributed by atoms with Gasteiger partial charge < -0.3 is 5.73 Å². The van der Waals surface area contributed by atoms with Crippen molar-refractivity contribution >= 4 is 9.84 Å². The maximum Gasteiger partial charge on any atom is 0.154 e. The number of hydrogen-bond acceptors (Lipinski definition) is 3. The van der Waals surface area contributed by atoms with Gasteiger partial charge >= 0.3 is 0 Å². The lowest BCUT2D eigenvalue weighted by Gasteiger charge is -2.19. The van der Waals surface area contributed by atoms with E-state index in [1.165, 1.54) is 0 Å². The van der Waals surface area contributed by atoms with Crippen LogP contribution in [0.4, 0.5) is 0 Å². The van der Waals surface area contributed by atoms with E-state index in [1.807, 2.05) is 38.1 Å². The monoisotopic (exact) mass is 297 g/mol. The molecule has 3 nitrogen and oxygen atoms in total. The fourth-order valence-electron chi connectivity index (χ4n) is 2.11. The van der Waals surface area contributed by atoms with Crippen LogP contribution in [0.2, 0.25) is 0 Å². The Bertz CT molecular complexity index is 498. The lowest BCUT2D eigenvalue weighted by atomic mass is 9.95. The minimum Gasteiger partial charge on any atom is -0.322 e. The maximum absolute atomic E-state index is 12.0. The molecule has 0 unspecified atom stereocenters. The Hall–Kier alpha value is -0.870. The zero-order chi connectivity index (χ0) is 15.2. The molecule has 0 atom stereocenters. The molecule has 0 radical (unpaired) electrons. The Kier molecular flexibility index (Phi) is 6.21. The minimum absolute atomic E-state index is 0.129. The zero-order valence-electron chi connectivity index (χ0n) is 12.9. The molecule has 114 valence electrons. The third kappa shape index (κ3) is 6.06. The fraction of sp³-hybridized carbons (Fsp3) is 0.625. The Morgan fingerprint density at radius 1 is 1.05 bits per heavy atom. The predicted molar refractivity (Wildman–Crippen MR) is 85.3 cm³/mol. The van der Waals surface area contributed by atoms with Crippen LogP contribution < -0.4 is 5.73 Å². The highest BCUT2D eigenvalue weighted by Crippen LogP contribution is 2.18. The van der Waals surface area contributed by atoms with Gasteiger partial charge in [-0.15, -0.1) is 0 Å². The molecule has 20 heavy (non-hydrogen) atoms. The Morgan fingerprint density at radius 3 is 2.15 bits per heavy atom. The molecule has 2 N–H and O–H groups in total. The summed E-state index contributed by atoms with van der Waals surface area (Å²) >= 11 is 0. The summed E-state index contributed by atoms with van der Waals surface area (Å²) in [4.78, 5) is 0. The smallest absolute Gasteiger partial charge is 0.154 e. The van der Waals surface area contributed by atoms with E-state index in [0.717, 1.165) is 36.8 Å². The summed E-state index contributed by atoms with van der Waals surface area (Å²) in [5, 5.41) is 0. The van der Waals surface area contributed by atoms with E-state index in [1.54, 1.807) is 0 Å². The number of nitrogens with two attached hydrogens (primary N) is 1. The highest BCUT2D eigenvalue weighted by molar-refractivity contribution is 7.90. The number of unbranched alkanes of at least 4 members (excludes halogenated alkanes) is 3. The molecule has 0 aromatic heterocycles. The van der Waals surface area contributed by atoms with E-state index >= 15 is 0 Å². The van der Waals surface area contributed by atoms with Gasteiger partial charge in [0.2, 0.25) is 0 Å². The van der Waals surface area contributed by atoms with Crippen LogP contribution in [0.3, 0.4) is 0 Å². The maximum atomic E-state index is 12.0. The van der Waals surface area contributed by atoms with Crippen LogP contribution >= 0.6 is 0 Å². The molecule has 0 bridgehead atoms. The molecule has 0 amide bonds. The van der Waals surface area contributed by atoms with Gasteiger partial charge in [0.05, 0.1) is 11.5 Å². The van der Waals surface area contributed by atoms with Crippen LogP contribution in [-0.4, -0.2) is 14.2 Å². The van der Waals surface area contributed by atoms with Crippen molar-refractivity contribution in [2.24, 2.45) is 5.73 Å². The second-order valence-electron chi connectivity index (χ2n) is 6.07. The van der Waals surface area contributed by atoms with E-state index in [2.05, 4.69) is 6.92 Å². The van der Waals surface area contributed by atoms with Gasteiger partial charge in [-0.1, -0.05) is 50.5 Å². The van der Waals surface area contributed by atoms with Crippen molar-refractivity contribution in [1.82, 2.24) is 0 Å². The van der Waals surface area contributed by atoms with Crippen molar-refractivity contribution in [2.45, 2.75) is 57.7 Å². The van der Waals surface area contributed by atoms with E-state index < -0.39 is 15.4 Å². The molecule has 4 heteroatoms. The van der Waals surface area contributed by atoms with E-state index in [4.69, 9.17) is 5.73 Å². The first-order valence-electron chi connectivity index (χ1n) is 7.33. The normalized spacial score (nSPS) is 12.6. The average Bonchev–Trinajstić information content (AvgIpc) is 2.34. The molecule has 0 heterocycles. The first-order chi connectivity index (χ1) is 9.24. The molecule has 1 aromatic rings. The van der Waals surface area contributed by atoms with Crippen LogP contribution in [0.25, 0.3) is 0 Å². The Morgan fingerprint density at radius 2 is 1.65 bits per heavy atom. The first-order valence-corrected chi connectivity index (χ1v) is 9.15. The van der Waals surface area contributed by atoms with Gasteiger partial charge in [-0.05, 0) is 31.4 Å². The van der Waals surface area contributed by atoms with Crippen molar-refractivity contribution in [3.05, 3.63) is 35.4 Å². The van der Waals surface area contributed by atoms with Crippen molar-refractivity contribution < 1.29 is 8.42 Å². The number of hydrogen-bond donors (Lipinski definition) is 1. The van der Waals surface area contributed by atoms with E-state index in [-0.39, 0.29) is 11.5 Å². The second-order valence-corrected chi connectivity index (χ2v) is 8.26. The van der Waals surface area contributed by atoms with Crippen molar-refractivity contribution in [1.29, 1.82) is 0 Å². The van der Waals surface area contributed by atoms with Crippen LogP contribution in [0.1, 0.15) is 57.6 Å². The predicted octanol–water partition coefficient (Wildman–Crippen LogP) is 3.38. The number of benzene rings is 1. The topological polar surface area (TPSA) is 60.2 Å². The van der Waals surface area contributed by atoms with E-state index in [9.17, 15) is 8.42 Å². The molecule has 0 saturated carbocycles. The molecule has 0 aliphatic carbocycles. The molecular weight excluding hydrogens is 270 g/mol. The van der Waals surface area contributed by atoms with Gasteiger partial charge in [0.1, 0.15) is 0 Å². The van der Waals surface area contributed by atoms with Gasteiger partial charge in [0, 0.05) is 5.54 Å². The molecule has 0 aliphatic heterocycles. The van der Waals surface area contributed by atoms with Crippen molar-refractivity contribution in [2.75, 3.05) is 5.75 Å². The summed E-state index contributed by atoms with van der Waals surface area (Å²) in [5.41, 5.74) is 7.48. The van der Waals surface area contributed by atoms with Crippen molar-refractivity contribution in [3.63, 3.8) is 0 Å². The van der Waals surface area contributed by atoms with Crippen LogP contribution in [0, 0.1) is 0 Å². The second kappa shape index (κ2) is 7.23. The van der Waals surface area contributed by atoms with Gasteiger partial charge in [-0.3, -0.25) is 0 Å². The lowest BCUT2D eigenvalue weighted by molar-refractivity contribution is 0.554. The standard InChI is InChI=1S/C16H27NO2S/c1-4-5-6-7-12-20(18,19)13-14-8-10-15(11-9-14)16(2,3)17/h8-11H,4-7,12-13,17H2,1-3H3. The van der Waals surface area contributed by atoms with Crippen molar-refractivity contribution in [3.8, 4) is 0 Å². The Balaban J connectivity index is 2.59. The first kappa shape index (κ1) is 17.2. The SMILES string of the molecule is CCCCCCS(=O)(=O)Cc1ccc(C(C)(C)N)cc1. The van der Waals surface area contributed by atoms with Gasteiger partial charge in [-0.2, -0.15) is 0 Å². The molecule has 0 fully saturated rings. The average molecular weight is 297 g/mol. The van der Waals surface area contributed by atoms with Crippen LogP contribution in [-0.2, 0) is 21.1 Å². The van der Waals surface area contributed by atoms with E-state index in [0.29, 0.717) is 0 Å². The third-order valence-corrected chi connectivity index (χ3v) is 5.08. The molecule has 1 aromatic carbocycles. The molecular formula is C16H27NO2S. The summed E-state index contributed by atoms with van der Waals surface area (Å²) in [7, 11) is -2.99. The summed E-state index contributed by atoms with van der Waals surface area (Å²) in [6, 6.07) is 7.57. The fourth-order valence-corrected chi connectivity index (χ4v) is 3.59. The van der Waals surface area contributed by atoms with Crippen LogP contribution in [0.5, 0.6) is 0 Å². The van der Waals surface area contributed by atoms with Crippen LogP contribution in [0.15, 0.2) is 24.3 Å². The lowest BCUT2D eigenvalue weighted by Crippen LogP contribution is -2.28. The molecule has 0 aliphatic rings. The third-order valence-electron chi connectivity index (χ3n) is 3.39. The molecule has 1 rings (SSSR count). The molecule has 0 spiro atoms. The van der Waals surface area contributed by atoms with Gasteiger partial charge in [-0.25, -0.2) is 8.42 Å². The minimum atomic E-state index is -2.99. The summed E-state index contributed by atoms with van der Waals surface area (Å²) < 4.78 is 24.0. The summed E-state index contributed by atoms with van der Waals surface area (Å²) in [6.45, 7) is 5.99. The summed E-state index contributed by atoms with van der Waals surface area (Å²) in [5.74, 6) is 0.418. The zero-order valence-corrected chi connectivity index (χ0v) is 13.7. The van der Waals surface area contributed by atoms with Gasteiger partial charge in [0.25, 0.3) is 0 Å². The quantitative estimate of drug-likeness (QED) is 0.748. The highest BCUT2D eigenvalue weighted by atomic mass is 32.2. The number of sulfone groups is 1. The van der Waals surface area contributed by atoms with Gasteiger partial charge in [0.15, 0.2) is 9.84 Å². The summed E-state index contributed by atoms with van der Waals surface area (Å²) in [6.07, 6.45) is 3.99. The highest BCUT2D eigenvalue weighted by Gasteiger charge is 2.15. The molecule has 0 saturated heterocycles.